The van der Waals surface area contributed by atoms with E-state index in [1.54, 1.807) is 0 Å². The largest absolute Gasteiger partial charge is 0.329 e. The summed E-state index contributed by atoms with van der Waals surface area (Å²) in [5, 5.41) is 0. The van der Waals surface area contributed by atoms with E-state index >= 15 is 0 Å². The maximum Gasteiger partial charge on any atom is 0.202 e. The molecule has 5 nitrogen and oxygen atoms in total. The minimum absolute atomic E-state index is 0.0701. The van der Waals surface area contributed by atoms with Crippen molar-refractivity contribution in [2.24, 2.45) is 5.41 Å². The molecule has 1 N–H and O–H groups in total. The van der Waals surface area contributed by atoms with Gasteiger partial charge in [-0.15, -0.1) is 6.42 Å². The number of aromatic amines is 1. The summed E-state index contributed by atoms with van der Waals surface area (Å²) in [6.45, 7) is 11.4. The van der Waals surface area contributed by atoms with Crippen LogP contribution in [-0.2, 0) is 12.0 Å². The Kier molecular flexibility index (Phi) is 6.59. The highest BCUT2D eigenvalue weighted by Crippen LogP contribution is 2.39. The third-order valence-corrected chi connectivity index (χ3v) is 7.38. The van der Waals surface area contributed by atoms with E-state index in [-0.39, 0.29) is 17.7 Å². The summed E-state index contributed by atoms with van der Waals surface area (Å²) in [5.41, 5.74) is 4.96. The summed E-state index contributed by atoms with van der Waals surface area (Å²) < 4.78 is 0. The molecule has 0 amide bonds. The lowest BCUT2D eigenvalue weighted by Crippen LogP contribution is -2.45. The minimum Gasteiger partial charge on any atom is -0.329 e. The predicted molar refractivity (Wildman–Crippen MR) is 133 cm³/mol. The molecule has 0 atom stereocenters. The third-order valence-electron chi connectivity index (χ3n) is 7.38. The molecular formula is C28H36N4O. The van der Waals surface area contributed by atoms with Crippen LogP contribution in [0, 0.1) is 17.8 Å². The fraction of sp³-hybridized carbons (Fsp3) is 0.536. The molecule has 1 aliphatic carbocycles. The number of terminal acetylenes is 1. The van der Waals surface area contributed by atoms with Crippen molar-refractivity contribution in [1.82, 2.24) is 19.9 Å². The van der Waals surface area contributed by atoms with E-state index in [1.807, 2.05) is 0 Å². The molecule has 0 unspecified atom stereocenters. The van der Waals surface area contributed by atoms with Crippen LogP contribution in [-0.4, -0.2) is 38.7 Å². The highest BCUT2D eigenvalue weighted by molar-refractivity contribution is 5.95. The van der Waals surface area contributed by atoms with Crippen LogP contribution in [0.1, 0.15) is 99.5 Å². The van der Waals surface area contributed by atoms with Gasteiger partial charge in [-0.2, -0.15) is 0 Å². The Balaban J connectivity index is 1.69. The lowest BCUT2D eigenvalue weighted by atomic mass is 9.77. The van der Waals surface area contributed by atoms with E-state index in [0.717, 1.165) is 49.3 Å². The van der Waals surface area contributed by atoms with Crippen molar-refractivity contribution in [3.8, 4) is 12.3 Å². The first-order valence-electron chi connectivity index (χ1n) is 12.2. The summed E-state index contributed by atoms with van der Waals surface area (Å²) in [6, 6.07) is 4.22. The van der Waals surface area contributed by atoms with Crippen molar-refractivity contribution in [2.45, 2.75) is 78.2 Å². The minimum atomic E-state index is -0.144. The Morgan fingerprint density at radius 3 is 2.64 bits per heavy atom. The summed E-state index contributed by atoms with van der Waals surface area (Å²) in [7, 11) is 0. The van der Waals surface area contributed by atoms with Crippen molar-refractivity contribution < 1.29 is 4.79 Å². The number of nitrogens with zero attached hydrogens (tertiary/aromatic N) is 3. The maximum atomic E-state index is 13.0. The van der Waals surface area contributed by atoms with Crippen LogP contribution in [0.5, 0.6) is 0 Å². The number of pyridine rings is 1. The van der Waals surface area contributed by atoms with E-state index in [1.165, 1.54) is 31.0 Å². The first-order valence-corrected chi connectivity index (χ1v) is 12.2. The number of likely N-dealkylation sites (tertiary alicyclic amines) is 1. The molecule has 2 aliphatic rings. The van der Waals surface area contributed by atoms with Gasteiger partial charge in [0.05, 0.1) is 23.1 Å². The molecule has 1 aliphatic heterocycles. The number of piperidine rings is 1. The highest BCUT2D eigenvalue weighted by Gasteiger charge is 2.32. The van der Waals surface area contributed by atoms with Crippen molar-refractivity contribution in [2.75, 3.05) is 13.1 Å². The van der Waals surface area contributed by atoms with Gasteiger partial charge >= 0.3 is 0 Å². The quantitative estimate of drug-likeness (QED) is 0.470. The fourth-order valence-electron chi connectivity index (χ4n) is 4.95. The standard InChI is InChI=1S/C28H36N4O/c1-6-22-19-29-26(30-22)23(33)18-21-10-11-24(28(4,5)32-16-8-7-9-17-32)31-25(21)20-12-14-27(2,3)15-13-20/h1,10-12,19H,7-9,13-18H2,2-5H3,(H,29,30). The number of hydrogen-bond acceptors (Lipinski definition) is 4. The highest BCUT2D eigenvalue weighted by atomic mass is 16.1. The molecule has 2 aromatic heterocycles. The number of H-pyrrole nitrogens is 1. The number of rotatable bonds is 6. The second kappa shape index (κ2) is 9.27. The molecule has 0 spiro atoms. The molecule has 33 heavy (non-hydrogen) atoms. The second-order valence-electron chi connectivity index (χ2n) is 10.8. The smallest absolute Gasteiger partial charge is 0.202 e. The molecule has 3 heterocycles. The van der Waals surface area contributed by atoms with Crippen LogP contribution in [0.2, 0.25) is 0 Å². The van der Waals surface area contributed by atoms with Gasteiger partial charge in [0.2, 0.25) is 5.78 Å². The number of carbonyl (C=O) groups excluding carboxylic acids is 1. The molecular weight excluding hydrogens is 408 g/mol. The number of imidazole rings is 1. The number of aromatic nitrogens is 3. The van der Waals surface area contributed by atoms with Gasteiger partial charge in [-0.05, 0) is 81.7 Å². The van der Waals surface area contributed by atoms with Crippen molar-refractivity contribution in [1.29, 1.82) is 0 Å². The zero-order valence-electron chi connectivity index (χ0n) is 20.5. The third kappa shape index (κ3) is 5.12. The molecule has 0 radical (unpaired) electrons. The van der Waals surface area contributed by atoms with Crippen LogP contribution in [0.15, 0.2) is 24.4 Å². The molecule has 0 saturated carbocycles. The van der Waals surface area contributed by atoms with Gasteiger partial charge in [0.1, 0.15) is 5.69 Å². The summed E-state index contributed by atoms with van der Waals surface area (Å²) in [6.07, 6.45) is 16.5. The van der Waals surface area contributed by atoms with E-state index in [0.29, 0.717) is 16.9 Å². The van der Waals surface area contributed by atoms with E-state index in [2.05, 4.69) is 66.7 Å². The Morgan fingerprint density at radius 2 is 2.00 bits per heavy atom. The zero-order chi connectivity index (χ0) is 23.6. The monoisotopic (exact) mass is 444 g/mol. The van der Waals surface area contributed by atoms with Crippen molar-refractivity contribution in [3.63, 3.8) is 0 Å². The first kappa shape index (κ1) is 23.4. The number of hydrogen-bond donors (Lipinski definition) is 1. The number of ketones is 1. The number of Topliss-reactive ketones (excluding diaryl/α,β-unsaturated/α-hetero) is 1. The zero-order valence-corrected chi connectivity index (χ0v) is 20.5. The lowest BCUT2D eigenvalue weighted by molar-refractivity contribution is 0.0907. The maximum absolute atomic E-state index is 13.0. The molecule has 0 aromatic carbocycles. The normalized spacial score (nSPS) is 19.1. The lowest BCUT2D eigenvalue weighted by Gasteiger charge is -2.41. The fourth-order valence-corrected chi connectivity index (χ4v) is 4.95. The van der Waals surface area contributed by atoms with Gasteiger partial charge in [0.15, 0.2) is 5.82 Å². The number of allylic oxidation sites excluding steroid dienone is 2. The van der Waals surface area contributed by atoms with Gasteiger partial charge in [-0.1, -0.05) is 38.3 Å². The Bertz CT molecular complexity index is 1090. The van der Waals surface area contributed by atoms with Gasteiger partial charge < -0.3 is 4.98 Å². The predicted octanol–water partition coefficient (Wildman–Crippen LogP) is 5.53. The van der Waals surface area contributed by atoms with Crippen LogP contribution in [0.25, 0.3) is 5.57 Å². The van der Waals surface area contributed by atoms with Gasteiger partial charge in [0, 0.05) is 6.42 Å². The van der Waals surface area contributed by atoms with Crippen LogP contribution in [0.4, 0.5) is 0 Å². The van der Waals surface area contributed by atoms with Crippen LogP contribution >= 0.6 is 0 Å². The summed E-state index contributed by atoms with van der Waals surface area (Å²) in [4.78, 5) is 27.9. The molecule has 1 saturated heterocycles. The van der Waals surface area contributed by atoms with E-state index < -0.39 is 0 Å². The number of nitrogens with one attached hydrogen (secondary N) is 1. The second-order valence-corrected chi connectivity index (χ2v) is 10.8. The first-order chi connectivity index (χ1) is 15.7. The molecule has 4 rings (SSSR count). The van der Waals surface area contributed by atoms with Crippen LogP contribution in [0.3, 0.4) is 0 Å². The molecule has 2 aromatic rings. The Morgan fingerprint density at radius 1 is 1.24 bits per heavy atom. The van der Waals surface area contributed by atoms with E-state index in [4.69, 9.17) is 11.4 Å². The molecule has 5 heteroatoms. The van der Waals surface area contributed by atoms with Gasteiger partial charge in [-0.25, -0.2) is 4.98 Å². The summed E-state index contributed by atoms with van der Waals surface area (Å²) in [5.74, 6) is 2.74. The summed E-state index contributed by atoms with van der Waals surface area (Å²) >= 11 is 0. The van der Waals surface area contributed by atoms with Crippen LogP contribution < -0.4 is 0 Å². The van der Waals surface area contributed by atoms with Gasteiger partial charge in [0.25, 0.3) is 0 Å². The average Bonchev–Trinajstić information content (AvgIpc) is 3.30. The van der Waals surface area contributed by atoms with Crippen molar-refractivity contribution >= 4 is 11.4 Å². The Hall–Kier alpha value is -2.71. The van der Waals surface area contributed by atoms with Crippen molar-refractivity contribution in [3.05, 3.63) is 52.9 Å². The number of carbonyl (C=O) groups is 1. The Labute approximate surface area is 198 Å². The molecule has 0 bridgehead atoms. The molecule has 1 fully saturated rings. The average molecular weight is 445 g/mol. The van der Waals surface area contributed by atoms with Gasteiger partial charge in [-0.3, -0.25) is 14.7 Å². The molecule has 174 valence electrons. The van der Waals surface area contributed by atoms with E-state index in [9.17, 15) is 4.79 Å². The topological polar surface area (TPSA) is 61.9 Å². The SMILES string of the molecule is C#Cc1cnc(C(=O)Cc2ccc(C(C)(C)N3CCCCC3)nc2C2=CCC(C)(C)CC2)[nH]1.